The van der Waals surface area contributed by atoms with E-state index in [2.05, 4.69) is 24.7 Å². The molecule has 2 rings (SSSR count). The van der Waals surface area contributed by atoms with Crippen LogP contribution in [0.3, 0.4) is 0 Å². The largest absolute Gasteiger partial charge is 0.339 e. The topological polar surface area (TPSA) is 76.5 Å². The summed E-state index contributed by atoms with van der Waals surface area (Å²) in [4.78, 5) is 6.92. The summed E-state index contributed by atoms with van der Waals surface area (Å²) in [5.41, 5.74) is 1.26. The molecule has 1 heterocycles. The number of halogens is 3. The fourth-order valence-electron chi connectivity index (χ4n) is 1.49. The number of hydrogen-bond acceptors (Lipinski definition) is 7. The van der Waals surface area contributed by atoms with Crippen molar-refractivity contribution in [2.24, 2.45) is 0 Å². The summed E-state index contributed by atoms with van der Waals surface area (Å²) in [7, 11) is 0. The minimum atomic E-state index is -1.23. The molecule has 1 aromatic heterocycles. The molecule has 0 amide bonds. The minimum absolute atomic E-state index is 0. The lowest BCUT2D eigenvalue weighted by atomic mass is 10.2. The van der Waals surface area contributed by atoms with Gasteiger partial charge in [0, 0.05) is 10.6 Å². The number of benzene rings is 1. The molecule has 2 N–H and O–H groups in total. The quantitative estimate of drug-likeness (QED) is 0.269. The lowest BCUT2D eigenvalue weighted by molar-refractivity contribution is -0.432. The summed E-state index contributed by atoms with van der Waals surface area (Å²) in [6, 6.07) is 4.91. The number of rotatable bonds is 5. The van der Waals surface area contributed by atoms with Crippen LogP contribution in [0.2, 0.25) is 5.02 Å². The van der Waals surface area contributed by atoms with E-state index in [-0.39, 0.29) is 13.2 Å². The van der Waals surface area contributed by atoms with E-state index in [9.17, 15) is 8.78 Å². The molecule has 0 atom stereocenters. The van der Waals surface area contributed by atoms with Gasteiger partial charge in [-0.1, -0.05) is 24.1 Å². The fourth-order valence-corrected chi connectivity index (χ4v) is 2.04. The Balaban J connectivity index is 0.00000242. The van der Waals surface area contributed by atoms with Crippen LogP contribution in [0.1, 0.15) is 13.0 Å². The minimum Gasteiger partial charge on any atom is -0.339 e. The Labute approximate surface area is 134 Å². The Morgan fingerprint density at radius 3 is 2.68 bits per heavy atom. The van der Waals surface area contributed by atoms with E-state index < -0.39 is 17.0 Å². The van der Waals surface area contributed by atoms with E-state index in [1.165, 1.54) is 0 Å². The second-order valence-electron chi connectivity index (χ2n) is 3.78. The Bertz CT molecular complexity index is 664. The van der Waals surface area contributed by atoms with Crippen molar-refractivity contribution in [3.8, 4) is 0 Å². The van der Waals surface area contributed by atoms with Gasteiger partial charge in [0.15, 0.2) is 5.82 Å². The molecule has 6 nitrogen and oxygen atoms in total. The first-order chi connectivity index (χ1) is 10.0. The van der Waals surface area contributed by atoms with E-state index in [1.54, 1.807) is 25.1 Å². The van der Waals surface area contributed by atoms with Crippen LogP contribution in [0.25, 0.3) is 0 Å². The van der Waals surface area contributed by atoms with Crippen molar-refractivity contribution in [1.82, 2.24) is 9.97 Å². The Hall–Kier alpha value is -1.52. The van der Waals surface area contributed by atoms with Crippen molar-refractivity contribution in [3.05, 3.63) is 40.8 Å². The molecule has 0 unspecified atom stereocenters. The summed E-state index contributed by atoms with van der Waals surface area (Å²) in [6.45, 7) is 1.76. The summed E-state index contributed by atoms with van der Waals surface area (Å²) in [5, 5.41) is 13.9. The monoisotopic (exact) mass is 351 g/mol. The van der Waals surface area contributed by atoms with Crippen LogP contribution in [0.5, 0.6) is 0 Å². The van der Waals surface area contributed by atoms with Crippen molar-refractivity contribution in [2.45, 2.75) is 19.2 Å². The van der Waals surface area contributed by atoms with Crippen molar-refractivity contribution < 1.29 is 23.4 Å². The van der Waals surface area contributed by atoms with E-state index in [1.807, 2.05) is 0 Å². The molecule has 1 aromatic carbocycles. The van der Waals surface area contributed by atoms with Crippen LogP contribution in [0.4, 0.5) is 20.3 Å². The Morgan fingerprint density at radius 1 is 1.32 bits per heavy atom. The first-order valence-electron chi connectivity index (χ1n) is 5.42. The van der Waals surface area contributed by atoms with Gasteiger partial charge in [0.2, 0.25) is 5.95 Å². The van der Waals surface area contributed by atoms with Gasteiger partial charge in [0.05, 0.1) is 12.0 Å². The van der Waals surface area contributed by atoms with E-state index >= 15 is 0 Å². The zero-order valence-electron chi connectivity index (χ0n) is 10.4. The van der Waals surface area contributed by atoms with E-state index in [4.69, 9.17) is 16.9 Å². The average molecular weight is 352 g/mol. The summed E-state index contributed by atoms with van der Waals surface area (Å²) in [5.74, 6) is -1.33. The number of aryl methyl sites for hydroxylation is 1. The van der Waals surface area contributed by atoms with Crippen LogP contribution < -0.4 is 5.32 Å². The molecule has 120 valence electrons. The average Bonchev–Trinajstić information content (AvgIpc) is 2.43. The van der Waals surface area contributed by atoms with Gasteiger partial charge in [-0.05, 0) is 30.7 Å². The van der Waals surface area contributed by atoms with Gasteiger partial charge in [-0.25, -0.2) is 5.26 Å². The highest BCUT2D eigenvalue weighted by Gasteiger charge is 2.13. The van der Waals surface area contributed by atoms with Crippen molar-refractivity contribution in [1.29, 1.82) is 0 Å². The molecule has 0 fully saturated rings. The van der Waals surface area contributed by atoms with Crippen LogP contribution in [0.15, 0.2) is 23.1 Å². The highest BCUT2D eigenvalue weighted by Crippen LogP contribution is 2.29. The molecule has 22 heavy (non-hydrogen) atoms. The number of aromatic nitrogens is 2. The fraction of sp³-hybridized carbons (Fsp3) is 0.167. The maximum absolute atomic E-state index is 13.2. The molecule has 2 aromatic rings. The normalized spacial score (nSPS) is 10.2. The summed E-state index contributed by atoms with van der Waals surface area (Å²) >= 11 is 6.46. The van der Waals surface area contributed by atoms with Gasteiger partial charge < -0.3 is 5.32 Å². The molecule has 0 saturated carbocycles. The molecule has 0 aliphatic carbocycles. The van der Waals surface area contributed by atoms with Crippen LogP contribution in [-0.4, -0.2) is 15.2 Å². The molecule has 0 aliphatic rings. The lowest BCUT2D eigenvalue weighted by Gasteiger charge is -2.10. The van der Waals surface area contributed by atoms with Crippen LogP contribution in [0, 0.1) is 18.9 Å². The molecule has 0 aliphatic heterocycles. The van der Waals surface area contributed by atoms with E-state index in [0.717, 1.165) is 17.6 Å². The molecule has 0 saturated heterocycles. The lowest BCUT2D eigenvalue weighted by Crippen LogP contribution is -2.02. The molecule has 10 heteroatoms. The summed E-state index contributed by atoms with van der Waals surface area (Å²) in [6.07, 6.45) is -1.23. The molecular formula is C12H12ClF2N3O3S. The number of nitrogens with one attached hydrogen (secondary N) is 1. The third-order valence-corrected chi connectivity index (χ3v) is 3.48. The number of hydrogen-bond donors (Lipinski definition) is 2. The summed E-state index contributed by atoms with van der Waals surface area (Å²) < 4.78 is 30.5. The maximum atomic E-state index is 13.2. The third kappa shape index (κ3) is 4.49. The molecule has 0 spiro atoms. The SMILES string of the molecule is C.Cc1cc(Nc2nc(F)nc(F)c2Cl)ccc1SOOO. The molecule has 0 bridgehead atoms. The maximum Gasteiger partial charge on any atom is 0.313 e. The first kappa shape index (κ1) is 18.5. The van der Waals surface area contributed by atoms with Crippen molar-refractivity contribution >= 4 is 35.1 Å². The van der Waals surface area contributed by atoms with Crippen molar-refractivity contribution in [2.75, 3.05) is 5.32 Å². The highest BCUT2D eigenvalue weighted by molar-refractivity contribution is 7.94. The van der Waals surface area contributed by atoms with Gasteiger partial charge >= 0.3 is 6.08 Å². The Morgan fingerprint density at radius 2 is 2.05 bits per heavy atom. The second-order valence-corrected chi connectivity index (χ2v) is 4.90. The third-order valence-electron chi connectivity index (χ3n) is 2.38. The van der Waals surface area contributed by atoms with E-state index in [0.29, 0.717) is 10.6 Å². The number of anilines is 2. The zero-order chi connectivity index (χ0) is 15.4. The number of nitrogens with zero attached hydrogens (tertiary/aromatic N) is 2. The highest BCUT2D eigenvalue weighted by atomic mass is 35.5. The van der Waals surface area contributed by atoms with Gasteiger partial charge in [0.25, 0.3) is 0 Å². The van der Waals surface area contributed by atoms with Crippen molar-refractivity contribution in [3.63, 3.8) is 0 Å². The first-order valence-corrected chi connectivity index (χ1v) is 6.54. The Kier molecular flexibility index (Phi) is 6.91. The van der Waals surface area contributed by atoms with Crippen LogP contribution >= 0.6 is 23.6 Å². The van der Waals surface area contributed by atoms with Gasteiger partial charge in [-0.15, -0.1) is 4.33 Å². The predicted molar refractivity (Wildman–Crippen MR) is 78.8 cm³/mol. The van der Waals surface area contributed by atoms with Crippen LogP contribution in [-0.2, 0) is 9.37 Å². The second kappa shape index (κ2) is 8.20. The smallest absolute Gasteiger partial charge is 0.313 e. The zero-order valence-corrected chi connectivity index (χ0v) is 12.0. The van der Waals surface area contributed by atoms with Gasteiger partial charge in [0.1, 0.15) is 5.02 Å². The van der Waals surface area contributed by atoms with Gasteiger partial charge in [-0.3, -0.25) is 0 Å². The van der Waals surface area contributed by atoms with Gasteiger partial charge in [-0.2, -0.15) is 18.7 Å². The standard InChI is InChI=1S/C11H8ClF2N3O3S.CH4/c1-5-4-6(2-3-7(5)21-20-19-18)15-10-8(12)9(13)16-11(14)17-10;/h2-4,18H,1H3,(H,15,16,17);1H4. The molecular weight excluding hydrogens is 340 g/mol. The predicted octanol–water partition coefficient (Wildman–Crippen LogP) is 4.52. The molecule has 0 radical (unpaired) electrons.